The van der Waals surface area contributed by atoms with Crippen LogP contribution in [0.25, 0.3) is 0 Å². The van der Waals surface area contributed by atoms with Gasteiger partial charge in [0.2, 0.25) is 0 Å². The van der Waals surface area contributed by atoms with Gasteiger partial charge in [-0.2, -0.15) is 0 Å². The third kappa shape index (κ3) is 3.94. The summed E-state index contributed by atoms with van der Waals surface area (Å²) in [5.74, 6) is 0.924. The fourth-order valence-corrected chi connectivity index (χ4v) is 3.24. The van der Waals surface area contributed by atoms with Gasteiger partial charge in [0.25, 0.3) is 0 Å². The molecule has 100 valence electrons. The van der Waals surface area contributed by atoms with Crippen molar-refractivity contribution in [2.45, 2.75) is 44.7 Å². The van der Waals surface area contributed by atoms with Gasteiger partial charge in [-0.15, -0.1) is 0 Å². The monoisotopic (exact) mass is 239 g/mol. The smallest absolute Gasteiger partial charge is 0.0345 e. The highest BCUT2D eigenvalue weighted by Crippen LogP contribution is 2.23. The summed E-state index contributed by atoms with van der Waals surface area (Å²) in [4.78, 5) is 4.97. The molecule has 3 nitrogen and oxygen atoms in total. The second-order valence-corrected chi connectivity index (χ2v) is 6.27. The highest BCUT2D eigenvalue weighted by Gasteiger charge is 2.24. The molecule has 3 unspecified atom stereocenters. The second-order valence-electron chi connectivity index (χ2n) is 6.27. The first-order valence-electron chi connectivity index (χ1n) is 7.27. The largest absolute Gasteiger partial charge is 0.312 e. The number of likely N-dealkylation sites (N-methyl/N-ethyl adjacent to an activating group) is 2. The van der Waals surface area contributed by atoms with Crippen LogP contribution in [-0.2, 0) is 0 Å². The van der Waals surface area contributed by atoms with Crippen molar-refractivity contribution in [3.63, 3.8) is 0 Å². The summed E-state index contributed by atoms with van der Waals surface area (Å²) in [6.45, 7) is 7.20. The molecule has 0 spiro atoms. The molecule has 0 aromatic carbocycles. The third-order valence-corrected chi connectivity index (χ3v) is 4.56. The minimum atomic E-state index is 0.700. The van der Waals surface area contributed by atoms with Crippen molar-refractivity contribution in [2.75, 3.05) is 40.3 Å². The summed E-state index contributed by atoms with van der Waals surface area (Å²) < 4.78 is 0. The van der Waals surface area contributed by atoms with Crippen LogP contribution in [0.2, 0.25) is 0 Å². The highest BCUT2D eigenvalue weighted by molar-refractivity contribution is 4.83. The average molecular weight is 239 g/mol. The number of nitrogens with zero attached hydrogens (tertiary/aromatic N) is 2. The van der Waals surface area contributed by atoms with Gasteiger partial charge in [0, 0.05) is 38.3 Å². The molecule has 0 bridgehead atoms. The van der Waals surface area contributed by atoms with E-state index < -0.39 is 0 Å². The van der Waals surface area contributed by atoms with Crippen LogP contribution in [0.15, 0.2) is 0 Å². The SMILES string of the molecule is CC1CCCC(NCC2CN(C)CCN2C)C1. The van der Waals surface area contributed by atoms with Crippen LogP contribution in [-0.4, -0.2) is 62.2 Å². The zero-order valence-corrected chi connectivity index (χ0v) is 11.8. The molecule has 0 aromatic heterocycles. The summed E-state index contributed by atoms with van der Waals surface area (Å²) in [7, 11) is 4.51. The van der Waals surface area contributed by atoms with E-state index in [1.165, 1.54) is 45.3 Å². The Kier molecular flexibility index (Phi) is 4.83. The summed E-state index contributed by atoms with van der Waals surface area (Å²) in [6, 6.07) is 1.48. The average Bonchev–Trinajstić information content (AvgIpc) is 2.30. The molecule has 2 rings (SSSR count). The molecule has 1 N–H and O–H groups in total. The van der Waals surface area contributed by atoms with Crippen LogP contribution in [0, 0.1) is 5.92 Å². The number of rotatable bonds is 3. The minimum Gasteiger partial charge on any atom is -0.312 e. The Balaban J connectivity index is 1.72. The van der Waals surface area contributed by atoms with Crippen LogP contribution in [0.4, 0.5) is 0 Å². The topological polar surface area (TPSA) is 18.5 Å². The maximum Gasteiger partial charge on any atom is 0.0345 e. The number of piperazine rings is 1. The Hall–Kier alpha value is -0.120. The Labute approximate surface area is 107 Å². The fourth-order valence-electron chi connectivity index (χ4n) is 3.24. The number of hydrogen-bond acceptors (Lipinski definition) is 3. The Bertz CT molecular complexity index is 232. The van der Waals surface area contributed by atoms with Crippen molar-refractivity contribution in [1.82, 2.24) is 15.1 Å². The zero-order chi connectivity index (χ0) is 12.3. The van der Waals surface area contributed by atoms with Gasteiger partial charge >= 0.3 is 0 Å². The molecular weight excluding hydrogens is 210 g/mol. The van der Waals surface area contributed by atoms with E-state index in [2.05, 4.69) is 36.1 Å². The highest BCUT2D eigenvalue weighted by atomic mass is 15.3. The first-order valence-corrected chi connectivity index (χ1v) is 7.27. The molecule has 3 atom stereocenters. The molecule has 2 aliphatic rings. The van der Waals surface area contributed by atoms with Gasteiger partial charge < -0.3 is 10.2 Å². The lowest BCUT2D eigenvalue weighted by Gasteiger charge is -2.39. The van der Waals surface area contributed by atoms with E-state index >= 15 is 0 Å². The molecule has 1 aliphatic carbocycles. The lowest BCUT2D eigenvalue weighted by molar-refractivity contribution is 0.109. The van der Waals surface area contributed by atoms with Gasteiger partial charge in [-0.3, -0.25) is 4.90 Å². The molecule has 2 fully saturated rings. The van der Waals surface area contributed by atoms with E-state index in [4.69, 9.17) is 0 Å². The van der Waals surface area contributed by atoms with Gasteiger partial charge in [-0.05, 0) is 32.9 Å². The zero-order valence-electron chi connectivity index (χ0n) is 11.8. The van der Waals surface area contributed by atoms with Gasteiger partial charge in [0.15, 0.2) is 0 Å². The lowest BCUT2D eigenvalue weighted by atomic mass is 9.87. The van der Waals surface area contributed by atoms with Crippen molar-refractivity contribution < 1.29 is 0 Å². The Morgan fingerprint density at radius 1 is 1.18 bits per heavy atom. The lowest BCUT2D eigenvalue weighted by Crippen LogP contribution is -2.55. The molecule has 17 heavy (non-hydrogen) atoms. The molecular formula is C14H29N3. The first-order chi connectivity index (χ1) is 8.15. The maximum atomic E-state index is 3.80. The maximum absolute atomic E-state index is 3.80. The summed E-state index contributed by atoms with van der Waals surface area (Å²) in [6.07, 6.45) is 5.62. The van der Waals surface area contributed by atoms with E-state index in [0.29, 0.717) is 6.04 Å². The van der Waals surface area contributed by atoms with Crippen LogP contribution in [0.5, 0.6) is 0 Å². The molecule has 1 saturated carbocycles. The minimum absolute atomic E-state index is 0.700. The van der Waals surface area contributed by atoms with E-state index in [1.807, 2.05) is 0 Å². The predicted molar refractivity (Wildman–Crippen MR) is 73.3 cm³/mol. The van der Waals surface area contributed by atoms with Gasteiger partial charge in [0.05, 0.1) is 0 Å². The van der Waals surface area contributed by atoms with Crippen LogP contribution in [0.1, 0.15) is 32.6 Å². The quantitative estimate of drug-likeness (QED) is 0.803. The summed E-state index contributed by atoms with van der Waals surface area (Å²) in [5, 5.41) is 3.80. The van der Waals surface area contributed by atoms with Crippen LogP contribution >= 0.6 is 0 Å². The van der Waals surface area contributed by atoms with Crippen molar-refractivity contribution in [1.29, 1.82) is 0 Å². The van der Waals surface area contributed by atoms with Crippen molar-refractivity contribution in [3.8, 4) is 0 Å². The molecule has 0 aromatic rings. The van der Waals surface area contributed by atoms with Crippen LogP contribution in [0.3, 0.4) is 0 Å². The van der Waals surface area contributed by atoms with E-state index in [-0.39, 0.29) is 0 Å². The van der Waals surface area contributed by atoms with E-state index in [1.54, 1.807) is 0 Å². The molecule has 0 radical (unpaired) electrons. The molecule has 0 amide bonds. The standard InChI is InChI=1S/C14H29N3/c1-12-5-4-6-13(9-12)15-10-14-11-16(2)7-8-17(14)3/h12-15H,4-11H2,1-3H3. The third-order valence-electron chi connectivity index (χ3n) is 4.56. The fraction of sp³-hybridized carbons (Fsp3) is 1.00. The number of hydrogen-bond donors (Lipinski definition) is 1. The molecule has 1 heterocycles. The van der Waals surface area contributed by atoms with Gasteiger partial charge in [-0.25, -0.2) is 0 Å². The van der Waals surface area contributed by atoms with Crippen molar-refractivity contribution in [2.24, 2.45) is 5.92 Å². The Morgan fingerprint density at radius 2 is 2.00 bits per heavy atom. The first kappa shape index (κ1) is 13.3. The predicted octanol–water partition coefficient (Wildman–Crippen LogP) is 1.40. The molecule has 1 aliphatic heterocycles. The van der Waals surface area contributed by atoms with E-state index in [9.17, 15) is 0 Å². The normalized spacial score (nSPS) is 37.2. The summed E-state index contributed by atoms with van der Waals surface area (Å²) in [5.41, 5.74) is 0. The van der Waals surface area contributed by atoms with E-state index in [0.717, 1.165) is 18.5 Å². The Morgan fingerprint density at radius 3 is 2.76 bits per heavy atom. The van der Waals surface area contributed by atoms with Crippen LogP contribution < -0.4 is 5.32 Å². The van der Waals surface area contributed by atoms with Crippen molar-refractivity contribution >= 4 is 0 Å². The summed E-state index contributed by atoms with van der Waals surface area (Å²) >= 11 is 0. The number of nitrogens with one attached hydrogen (secondary N) is 1. The molecule has 1 saturated heterocycles. The van der Waals surface area contributed by atoms with Gasteiger partial charge in [-0.1, -0.05) is 19.8 Å². The van der Waals surface area contributed by atoms with Gasteiger partial charge in [0.1, 0.15) is 0 Å². The molecule has 3 heteroatoms. The second kappa shape index (κ2) is 6.17. The van der Waals surface area contributed by atoms with Crippen molar-refractivity contribution in [3.05, 3.63) is 0 Å².